The number of carbonyl (C=O) groups is 1. The van der Waals surface area contributed by atoms with Crippen molar-refractivity contribution in [1.29, 1.82) is 0 Å². The third kappa shape index (κ3) is 81.6. The molecular formula is CCaClMg2O3+3. The van der Waals surface area contributed by atoms with Crippen LogP contribution < -0.4 is 22.6 Å². The Morgan fingerprint density at radius 2 is 1.12 bits per heavy atom. The Labute approximate surface area is 115 Å². The van der Waals surface area contributed by atoms with Crippen LogP contribution in [0.2, 0.25) is 0 Å². The van der Waals surface area contributed by atoms with Crippen LogP contribution in [-0.2, 0) is 0 Å². The Kier molecular flexibility index (Phi) is 90.0. The maximum atomic E-state index is 8.33. The van der Waals surface area contributed by atoms with Crippen molar-refractivity contribution < 1.29 is 27.4 Å². The van der Waals surface area contributed by atoms with Crippen LogP contribution in [0.15, 0.2) is 0 Å². The van der Waals surface area contributed by atoms with Gasteiger partial charge in [0, 0.05) is 0 Å². The predicted octanol–water partition coefficient (Wildman–Crippen LogP) is -6.59. The van der Waals surface area contributed by atoms with E-state index in [-0.39, 0.29) is 96.3 Å². The summed E-state index contributed by atoms with van der Waals surface area (Å²) in [6.45, 7) is 0. The molecule has 0 rings (SSSR count). The van der Waals surface area contributed by atoms with Gasteiger partial charge in [-0.15, -0.1) is 0 Å². The molecule has 8 heavy (non-hydrogen) atoms. The van der Waals surface area contributed by atoms with Crippen LogP contribution in [0.4, 0.5) is 4.79 Å². The second-order valence-electron chi connectivity index (χ2n) is 0.250. The molecular weight excluding hydrogens is 184 g/mol. The number of rotatable bonds is 0. The SMILES string of the molecule is O=C([O-])[O-].[Ca+2].[Cl-].[Mg+2].[Mg+2]. The molecule has 0 N–H and O–H groups in total. The van der Waals surface area contributed by atoms with Gasteiger partial charge in [0.2, 0.25) is 0 Å². The predicted molar refractivity (Wildman–Crippen MR) is 22.7 cm³/mol. The largest absolute Gasteiger partial charge is 2.00 e. The summed E-state index contributed by atoms with van der Waals surface area (Å²) in [6, 6.07) is 0. The van der Waals surface area contributed by atoms with Crippen LogP contribution in [0.3, 0.4) is 0 Å². The first-order valence-corrected chi connectivity index (χ1v) is 0.612. The van der Waals surface area contributed by atoms with Gasteiger partial charge in [0.15, 0.2) is 0 Å². The third-order valence-corrected chi connectivity index (χ3v) is 0. The second-order valence-corrected chi connectivity index (χ2v) is 0.250. The summed E-state index contributed by atoms with van der Waals surface area (Å²) in [5.74, 6) is 0. The van der Waals surface area contributed by atoms with E-state index in [0.29, 0.717) is 0 Å². The zero-order valence-electron chi connectivity index (χ0n) is 4.22. The Morgan fingerprint density at radius 1 is 1.12 bits per heavy atom. The number of hydrogen-bond donors (Lipinski definition) is 0. The zero-order valence-corrected chi connectivity index (χ0v) is 10.0. The Balaban J connectivity index is -0.00000000750. The molecule has 0 heterocycles. The molecule has 0 fully saturated rings. The van der Waals surface area contributed by atoms with Gasteiger partial charge in [-0.2, -0.15) is 0 Å². The van der Waals surface area contributed by atoms with Crippen molar-refractivity contribution in [3.63, 3.8) is 0 Å². The maximum Gasteiger partial charge on any atom is 2.00 e. The van der Waals surface area contributed by atoms with Gasteiger partial charge < -0.3 is 27.4 Å². The van der Waals surface area contributed by atoms with Crippen molar-refractivity contribution in [2.24, 2.45) is 0 Å². The average Bonchev–Trinajstić information content (AvgIpc) is 0.811. The van der Waals surface area contributed by atoms with E-state index in [1.807, 2.05) is 0 Å². The Hall–Kier alpha value is 2.35. The fourth-order valence-corrected chi connectivity index (χ4v) is 0. The van der Waals surface area contributed by atoms with E-state index < -0.39 is 6.16 Å². The minimum atomic E-state index is -2.33. The van der Waals surface area contributed by atoms with E-state index >= 15 is 0 Å². The minimum Gasteiger partial charge on any atom is -1.00 e. The number of carboxylic acid groups (broad SMARTS) is 2. The quantitative estimate of drug-likeness (QED) is 0.352. The molecule has 0 bridgehead atoms. The van der Waals surface area contributed by atoms with Gasteiger partial charge in [0.1, 0.15) is 0 Å². The third-order valence-electron chi connectivity index (χ3n) is 0. The first kappa shape index (κ1) is 31.6. The molecule has 0 unspecified atom stereocenters. The van der Waals surface area contributed by atoms with E-state index in [0.717, 1.165) is 0 Å². The summed E-state index contributed by atoms with van der Waals surface area (Å²) < 4.78 is 0. The zero-order chi connectivity index (χ0) is 3.58. The molecule has 0 amide bonds. The summed E-state index contributed by atoms with van der Waals surface area (Å²) in [7, 11) is 0. The first-order chi connectivity index (χ1) is 1.73. The molecule has 0 aromatic heterocycles. The van der Waals surface area contributed by atoms with E-state index in [9.17, 15) is 0 Å². The van der Waals surface area contributed by atoms with E-state index in [1.165, 1.54) is 0 Å². The van der Waals surface area contributed by atoms with Crippen LogP contribution >= 0.6 is 0 Å². The summed E-state index contributed by atoms with van der Waals surface area (Å²) >= 11 is 0. The van der Waals surface area contributed by atoms with E-state index in [1.54, 1.807) is 0 Å². The molecule has 0 saturated carbocycles. The van der Waals surface area contributed by atoms with Crippen molar-refractivity contribution >= 4 is 90.0 Å². The van der Waals surface area contributed by atoms with E-state index in [2.05, 4.69) is 0 Å². The molecule has 0 aliphatic carbocycles. The van der Waals surface area contributed by atoms with Crippen LogP contribution in [-0.4, -0.2) is 90.0 Å². The van der Waals surface area contributed by atoms with Crippen LogP contribution in [0, 0.1) is 0 Å². The van der Waals surface area contributed by atoms with Crippen LogP contribution in [0.1, 0.15) is 0 Å². The topological polar surface area (TPSA) is 63.2 Å². The van der Waals surface area contributed by atoms with Crippen LogP contribution in [0.5, 0.6) is 0 Å². The molecule has 0 aromatic rings. The summed E-state index contributed by atoms with van der Waals surface area (Å²) in [5.41, 5.74) is 0. The molecule has 0 radical (unpaired) electrons. The second kappa shape index (κ2) is 22.8. The molecule has 0 aromatic carbocycles. The monoisotopic (exact) mass is 183 g/mol. The summed E-state index contributed by atoms with van der Waals surface area (Å²) in [4.78, 5) is 8.33. The van der Waals surface area contributed by atoms with Gasteiger partial charge >= 0.3 is 83.8 Å². The number of hydrogen-bond acceptors (Lipinski definition) is 3. The van der Waals surface area contributed by atoms with Crippen molar-refractivity contribution in [1.82, 2.24) is 0 Å². The summed E-state index contributed by atoms with van der Waals surface area (Å²) in [5, 5.41) is 16.7. The van der Waals surface area contributed by atoms with Gasteiger partial charge in [-0.25, -0.2) is 0 Å². The van der Waals surface area contributed by atoms with Gasteiger partial charge in [0.05, 0.1) is 0 Å². The fraction of sp³-hybridized carbons (Fsp3) is 0. The molecule has 7 heteroatoms. The minimum absolute atomic E-state index is 0. The standard InChI is InChI=1S/CH2O3.Ca.ClH.2Mg/c2-1(3)4;;;;/h(H2,2,3,4);;1H;;/q;+2;;2*+2/p-3. The van der Waals surface area contributed by atoms with Gasteiger partial charge in [-0.3, -0.25) is 0 Å². The molecule has 3 nitrogen and oxygen atoms in total. The van der Waals surface area contributed by atoms with Crippen molar-refractivity contribution in [2.45, 2.75) is 0 Å². The molecule has 0 saturated heterocycles. The molecule has 0 atom stereocenters. The maximum absolute atomic E-state index is 8.33. The van der Waals surface area contributed by atoms with E-state index in [4.69, 9.17) is 15.0 Å². The van der Waals surface area contributed by atoms with Crippen molar-refractivity contribution in [3.8, 4) is 0 Å². The molecule has 0 spiro atoms. The number of halogens is 1. The molecule has 0 aliphatic heterocycles. The average molecular weight is 184 g/mol. The van der Waals surface area contributed by atoms with Gasteiger partial charge in [0.25, 0.3) is 0 Å². The van der Waals surface area contributed by atoms with Crippen molar-refractivity contribution in [3.05, 3.63) is 0 Å². The first-order valence-electron chi connectivity index (χ1n) is 0.612. The number of carbonyl (C=O) groups excluding carboxylic acids is 1. The van der Waals surface area contributed by atoms with Crippen LogP contribution in [0.25, 0.3) is 0 Å². The Morgan fingerprint density at radius 3 is 1.12 bits per heavy atom. The van der Waals surface area contributed by atoms with Crippen molar-refractivity contribution in [2.75, 3.05) is 0 Å². The fourth-order valence-electron chi connectivity index (χ4n) is 0. The van der Waals surface area contributed by atoms with Gasteiger partial charge in [-0.1, -0.05) is 0 Å². The molecule has 32 valence electrons. The smallest absolute Gasteiger partial charge is 1.00 e. The Bertz CT molecular complexity index is 40.3. The van der Waals surface area contributed by atoms with Gasteiger partial charge in [-0.05, 0) is 6.16 Å². The normalized spacial score (nSPS) is 3.00. The molecule has 0 aliphatic rings. The summed E-state index contributed by atoms with van der Waals surface area (Å²) in [6.07, 6.45) is -2.33.